The molecule has 0 saturated heterocycles. The van der Waals surface area contributed by atoms with E-state index in [1.807, 2.05) is 6.92 Å². The van der Waals surface area contributed by atoms with Crippen LogP contribution in [-0.2, 0) is 19.1 Å². The van der Waals surface area contributed by atoms with E-state index in [1.165, 1.54) is 0 Å². The number of carbonyl (C=O) groups is 3. The van der Waals surface area contributed by atoms with Crippen LogP contribution < -0.4 is 16.8 Å². The zero-order chi connectivity index (χ0) is 15.2. The maximum Gasteiger partial charge on any atom is 0.333 e. The minimum atomic E-state index is -1.05. The third kappa shape index (κ3) is 4.57. The summed E-state index contributed by atoms with van der Waals surface area (Å²) in [6.07, 6.45) is 3.04. The van der Waals surface area contributed by atoms with Crippen LogP contribution >= 0.6 is 0 Å². The third-order valence-electron chi connectivity index (χ3n) is 3.51. The molecule has 0 aromatic rings. The zero-order valence-corrected chi connectivity index (χ0v) is 11.8. The molecule has 7 heteroatoms. The fourth-order valence-corrected chi connectivity index (χ4v) is 2.31. The van der Waals surface area contributed by atoms with Crippen LogP contribution in [0.4, 0.5) is 0 Å². The summed E-state index contributed by atoms with van der Waals surface area (Å²) in [6, 6.07) is -0.721. The zero-order valence-electron chi connectivity index (χ0n) is 11.8. The van der Waals surface area contributed by atoms with Crippen molar-refractivity contribution in [1.29, 1.82) is 0 Å². The summed E-state index contributed by atoms with van der Waals surface area (Å²) in [7, 11) is 0. The Kier molecular flexibility index (Phi) is 6.09. The quantitative estimate of drug-likeness (QED) is 0.430. The molecule has 0 bridgehead atoms. The topological polar surface area (TPSA) is 125 Å². The van der Waals surface area contributed by atoms with Gasteiger partial charge in [0.15, 0.2) is 0 Å². The summed E-state index contributed by atoms with van der Waals surface area (Å²) in [5.41, 5.74) is 9.93. The molecule has 1 aliphatic carbocycles. The Morgan fingerprint density at radius 1 is 1.30 bits per heavy atom. The Labute approximate surface area is 118 Å². The Balaban J connectivity index is 2.56. The van der Waals surface area contributed by atoms with Crippen molar-refractivity contribution in [2.45, 2.75) is 57.0 Å². The molecule has 1 amide bonds. The number of ether oxygens (including phenoxy) is 1. The highest BCUT2D eigenvalue weighted by atomic mass is 16.6. The minimum absolute atomic E-state index is 0.0503. The van der Waals surface area contributed by atoms with Crippen LogP contribution in [-0.4, -0.2) is 36.0 Å². The van der Waals surface area contributed by atoms with E-state index in [0.717, 1.165) is 12.8 Å². The Morgan fingerprint density at radius 2 is 1.90 bits per heavy atom. The number of rotatable bonds is 7. The van der Waals surface area contributed by atoms with Gasteiger partial charge in [-0.25, -0.2) is 9.59 Å². The summed E-state index contributed by atoms with van der Waals surface area (Å²) in [5.74, 6) is -1.88. The van der Waals surface area contributed by atoms with Gasteiger partial charge < -0.3 is 21.5 Å². The van der Waals surface area contributed by atoms with E-state index in [4.69, 9.17) is 16.2 Å². The van der Waals surface area contributed by atoms with Crippen LogP contribution in [0.3, 0.4) is 0 Å². The predicted molar refractivity (Wildman–Crippen MR) is 72.4 cm³/mol. The van der Waals surface area contributed by atoms with Gasteiger partial charge in [-0.15, -0.1) is 0 Å². The maximum absolute atomic E-state index is 11.9. The summed E-state index contributed by atoms with van der Waals surface area (Å²) < 4.78 is 4.87. The summed E-state index contributed by atoms with van der Waals surface area (Å²) in [6.45, 7) is 2.33. The standard InChI is InChI=1S/C13H23N3O4/c1-2-16-9(5-6-10(14)17)11(18)20-12(19)13(15)7-3-4-8-13/h9,16H,2-8,15H2,1H3,(H2,14,17)/t9-/m0/s1. The van der Waals surface area contributed by atoms with Crippen molar-refractivity contribution in [2.24, 2.45) is 11.5 Å². The van der Waals surface area contributed by atoms with Crippen LogP contribution in [0.1, 0.15) is 45.4 Å². The summed E-state index contributed by atoms with van der Waals surface area (Å²) in [4.78, 5) is 34.6. The van der Waals surface area contributed by atoms with Gasteiger partial charge in [0, 0.05) is 6.42 Å². The fraction of sp³-hybridized carbons (Fsp3) is 0.769. The summed E-state index contributed by atoms with van der Waals surface area (Å²) >= 11 is 0. The van der Waals surface area contributed by atoms with E-state index in [9.17, 15) is 14.4 Å². The molecule has 0 spiro atoms. The lowest BCUT2D eigenvalue weighted by molar-refractivity contribution is -0.165. The smallest absolute Gasteiger partial charge is 0.333 e. The van der Waals surface area contributed by atoms with E-state index < -0.39 is 29.4 Å². The van der Waals surface area contributed by atoms with Crippen molar-refractivity contribution in [3.63, 3.8) is 0 Å². The third-order valence-corrected chi connectivity index (χ3v) is 3.51. The molecule has 20 heavy (non-hydrogen) atoms. The lowest BCUT2D eigenvalue weighted by Crippen LogP contribution is -2.49. The number of esters is 2. The molecule has 1 atom stereocenters. The molecular weight excluding hydrogens is 262 g/mol. The molecule has 0 radical (unpaired) electrons. The first-order valence-electron chi connectivity index (χ1n) is 6.95. The van der Waals surface area contributed by atoms with Gasteiger partial charge in [-0.1, -0.05) is 19.8 Å². The highest BCUT2D eigenvalue weighted by molar-refractivity contribution is 5.93. The first-order valence-corrected chi connectivity index (χ1v) is 6.95. The average Bonchev–Trinajstić information content (AvgIpc) is 2.82. The fourth-order valence-electron chi connectivity index (χ4n) is 2.31. The number of likely N-dealkylation sites (N-methyl/N-ethyl adjacent to an activating group) is 1. The minimum Gasteiger partial charge on any atom is -0.391 e. The second kappa shape index (κ2) is 7.35. The van der Waals surface area contributed by atoms with E-state index in [0.29, 0.717) is 19.4 Å². The lowest BCUT2D eigenvalue weighted by atomic mass is 10.00. The first-order chi connectivity index (χ1) is 9.39. The molecule has 1 rings (SSSR count). The molecule has 0 aromatic carbocycles. The number of hydrogen-bond donors (Lipinski definition) is 3. The Hall–Kier alpha value is -1.47. The molecule has 5 N–H and O–H groups in total. The number of amides is 1. The van der Waals surface area contributed by atoms with Gasteiger partial charge >= 0.3 is 11.9 Å². The van der Waals surface area contributed by atoms with E-state index in [1.54, 1.807) is 0 Å². The highest BCUT2D eigenvalue weighted by Crippen LogP contribution is 2.28. The van der Waals surface area contributed by atoms with Gasteiger partial charge in [0.2, 0.25) is 5.91 Å². The van der Waals surface area contributed by atoms with E-state index in [2.05, 4.69) is 5.32 Å². The number of nitrogens with one attached hydrogen (secondary N) is 1. The van der Waals surface area contributed by atoms with Crippen molar-refractivity contribution in [3.8, 4) is 0 Å². The SMILES string of the molecule is CCN[C@@H](CCC(N)=O)C(=O)OC(=O)C1(N)CCCC1. The predicted octanol–water partition coefficient (Wildman–Crippen LogP) is -0.429. The second-order valence-electron chi connectivity index (χ2n) is 5.19. The molecular formula is C13H23N3O4. The van der Waals surface area contributed by atoms with Gasteiger partial charge in [-0.3, -0.25) is 4.79 Å². The second-order valence-corrected chi connectivity index (χ2v) is 5.19. The van der Waals surface area contributed by atoms with Crippen molar-refractivity contribution in [3.05, 3.63) is 0 Å². The van der Waals surface area contributed by atoms with E-state index >= 15 is 0 Å². The molecule has 0 heterocycles. The van der Waals surface area contributed by atoms with Crippen molar-refractivity contribution < 1.29 is 19.1 Å². The van der Waals surface area contributed by atoms with Crippen molar-refractivity contribution >= 4 is 17.8 Å². The maximum atomic E-state index is 11.9. The number of hydrogen-bond acceptors (Lipinski definition) is 6. The normalized spacial score (nSPS) is 18.5. The molecule has 114 valence electrons. The van der Waals surface area contributed by atoms with Crippen LogP contribution in [0.2, 0.25) is 0 Å². The van der Waals surface area contributed by atoms with Gasteiger partial charge in [-0.2, -0.15) is 0 Å². The van der Waals surface area contributed by atoms with Crippen LogP contribution in [0.15, 0.2) is 0 Å². The van der Waals surface area contributed by atoms with Gasteiger partial charge in [-0.05, 0) is 25.8 Å². The van der Waals surface area contributed by atoms with Gasteiger partial charge in [0.25, 0.3) is 0 Å². The van der Waals surface area contributed by atoms with Crippen LogP contribution in [0, 0.1) is 0 Å². The van der Waals surface area contributed by atoms with Gasteiger partial charge in [0.1, 0.15) is 11.6 Å². The highest BCUT2D eigenvalue weighted by Gasteiger charge is 2.40. The molecule has 1 fully saturated rings. The van der Waals surface area contributed by atoms with E-state index in [-0.39, 0.29) is 12.8 Å². The lowest BCUT2D eigenvalue weighted by Gasteiger charge is -2.22. The monoisotopic (exact) mass is 285 g/mol. The van der Waals surface area contributed by atoms with Crippen LogP contribution in [0.25, 0.3) is 0 Å². The molecule has 1 saturated carbocycles. The number of nitrogens with two attached hydrogens (primary N) is 2. The molecule has 7 nitrogen and oxygen atoms in total. The molecule has 0 aromatic heterocycles. The molecule has 0 aliphatic heterocycles. The number of carbonyl (C=O) groups excluding carboxylic acids is 3. The van der Waals surface area contributed by atoms with Crippen molar-refractivity contribution in [2.75, 3.05) is 6.54 Å². The first kappa shape index (κ1) is 16.6. The van der Waals surface area contributed by atoms with Crippen molar-refractivity contribution in [1.82, 2.24) is 5.32 Å². The number of primary amides is 1. The molecule has 1 aliphatic rings. The Bertz CT molecular complexity index is 378. The Morgan fingerprint density at radius 3 is 2.40 bits per heavy atom. The summed E-state index contributed by atoms with van der Waals surface area (Å²) in [5, 5.41) is 2.87. The average molecular weight is 285 g/mol. The molecule has 0 unspecified atom stereocenters. The largest absolute Gasteiger partial charge is 0.391 e. The van der Waals surface area contributed by atoms with Crippen LogP contribution in [0.5, 0.6) is 0 Å². The van der Waals surface area contributed by atoms with Gasteiger partial charge in [0.05, 0.1) is 0 Å².